The number of amides is 1. The second-order valence-corrected chi connectivity index (χ2v) is 3.85. The summed E-state index contributed by atoms with van der Waals surface area (Å²) in [6, 6.07) is 1.69. The number of aromatic nitrogens is 1. The van der Waals surface area contributed by atoms with E-state index in [-0.39, 0.29) is 5.91 Å². The van der Waals surface area contributed by atoms with Crippen molar-refractivity contribution in [3.63, 3.8) is 0 Å². The Labute approximate surface area is 101 Å². The minimum atomic E-state index is -0.111. The molecule has 0 aliphatic heterocycles. The molecule has 0 fully saturated rings. The van der Waals surface area contributed by atoms with Gasteiger partial charge in [-0.3, -0.25) is 9.78 Å². The van der Waals surface area contributed by atoms with E-state index in [1.54, 1.807) is 17.0 Å². The van der Waals surface area contributed by atoms with Gasteiger partial charge in [0.05, 0.1) is 10.6 Å². The second-order valence-electron chi connectivity index (χ2n) is 3.44. The molecule has 1 aromatic heterocycles. The fourth-order valence-electron chi connectivity index (χ4n) is 1.37. The van der Waals surface area contributed by atoms with Crippen LogP contribution in [0.25, 0.3) is 0 Å². The van der Waals surface area contributed by atoms with Gasteiger partial charge in [0.1, 0.15) is 0 Å². The van der Waals surface area contributed by atoms with E-state index in [0.29, 0.717) is 23.7 Å². The van der Waals surface area contributed by atoms with Crippen molar-refractivity contribution in [2.75, 3.05) is 13.1 Å². The van der Waals surface area contributed by atoms with E-state index in [2.05, 4.69) is 11.6 Å². The fourth-order valence-corrected chi connectivity index (χ4v) is 1.65. The van der Waals surface area contributed by atoms with Crippen molar-refractivity contribution in [1.82, 2.24) is 9.88 Å². The molecule has 0 saturated carbocycles. The topological polar surface area (TPSA) is 33.2 Å². The first-order chi connectivity index (χ1) is 7.60. The maximum absolute atomic E-state index is 12.1. The van der Waals surface area contributed by atoms with Crippen molar-refractivity contribution in [1.29, 1.82) is 0 Å². The third-order valence-corrected chi connectivity index (χ3v) is 2.55. The summed E-state index contributed by atoms with van der Waals surface area (Å²) in [6.45, 7) is 8.50. The number of carbonyl (C=O) groups is 1. The number of pyridine rings is 1. The van der Waals surface area contributed by atoms with Gasteiger partial charge < -0.3 is 4.90 Å². The number of nitrogens with zero attached hydrogens (tertiary/aromatic N) is 2. The molecule has 0 N–H and O–H groups in total. The van der Waals surface area contributed by atoms with Crippen LogP contribution in [0.3, 0.4) is 0 Å². The Morgan fingerprint density at radius 2 is 2.38 bits per heavy atom. The number of carbonyl (C=O) groups excluding carboxylic acids is 1. The van der Waals surface area contributed by atoms with Crippen molar-refractivity contribution in [2.24, 2.45) is 0 Å². The number of rotatable bonds is 4. The first kappa shape index (κ1) is 12.7. The van der Waals surface area contributed by atoms with Gasteiger partial charge in [-0.2, -0.15) is 0 Å². The van der Waals surface area contributed by atoms with Gasteiger partial charge >= 0.3 is 0 Å². The molecule has 0 aromatic carbocycles. The zero-order chi connectivity index (χ0) is 12.1. The number of aryl methyl sites for hydroxylation is 1. The number of halogens is 1. The molecular formula is C12H15ClN2O. The molecule has 0 spiro atoms. The molecule has 0 aliphatic carbocycles. The van der Waals surface area contributed by atoms with Gasteiger partial charge in [0, 0.05) is 25.0 Å². The van der Waals surface area contributed by atoms with E-state index in [9.17, 15) is 4.79 Å². The van der Waals surface area contributed by atoms with Crippen LogP contribution in [0.15, 0.2) is 24.9 Å². The summed E-state index contributed by atoms with van der Waals surface area (Å²) in [4.78, 5) is 17.8. The Kier molecular flexibility index (Phi) is 4.50. The Morgan fingerprint density at radius 3 is 2.88 bits per heavy atom. The van der Waals surface area contributed by atoms with Gasteiger partial charge in [0.2, 0.25) is 0 Å². The van der Waals surface area contributed by atoms with E-state index in [4.69, 9.17) is 11.6 Å². The van der Waals surface area contributed by atoms with Crippen LogP contribution in [0.4, 0.5) is 0 Å². The van der Waals surface area contributed by atoms with Crippen molar-refractivity contribution in [3.8, 4) is 0 Å². The minimum absolute atomic E-state index is 0.111. The van der Waals surface area contributed by atoms with E-state index < -0.39 is 0 Å². The van der Waals surface area contributed by atoms with Gasteiger partial charge in [0.25, 0.3) is 5.91 Å². The fraction of sp³-hybridized carbons (Fsp3) is 0.333. The molecule has 1 aromatic rings. The van der Waals surface area contributed by atoms with Crippen molar-refractivity contribution in [3.05, 3.63) is 41.2 Å². The molecule has 0 bridgehead atoms. The number of hydrogen-bond donors (Lipinski definition) is 0. The third kappa shape index (κ3) is 2.83. The Balaban J connectivity index is 2.98. The van der Waals surface area contributed by atoms with Crippen LogP contribution in [0, 0.1) is 6.92 Å². The van der Waals surface area contributed by atoms with Crippen molar-refractivity contribution in [2.45, 2.75) is 13.8 Å². The van der Waals surface area contributed by atoms with Gasteiger partial charge in [-0.15, -0.1) is 6.58 Å². The number of hydrogen-bond acceptors (Lipinski definition) is 2. The van der Waals surface area contributed by atoms with Gasteiger partial charge in [-0.05, 0) is 19.9 Å². The summed E-state index contributed by atoms with van der Waals surface area (Å²) in [5.41, 5.74) is 1.24. The maximum atomic E-state index is 12.1. The van der Waals surface area contributed by atoms with Crippen molar-refractivity contribution < 1.29 is 4.79 Å². The highest BCUT2D eigenvalue weighted by Gasteiger charge is 2.16. The second kappa shape index (κ2) is 5.66. The van der Waals surface area contributed by atoms with Crippen LogP contribution in [0.5, 0.6) is 0 Å². The number of likely N-dealkylation sites (N-methyl/N-ethyl adjacent to an activating group) is 1. The molecule has 4 heteroatoms. The van der Waals surface area contributed by atoms with Crippen LogP contribution in [0.1, 0.15) is 23.0 Å². The van der Waals surface area contributed by atoms with E-state index in [1.165, 1.54) is 6.20 Å². The lowest BCUT2D eigenvalue weighted by Gasteiger charge is -2.19. The molecule has 1 rings (SSSR count). The lowest BCUT2D eigenvalue weighted by atomic mass is 10.2. The summed E-state index contributed by atoms with van der Waals surface area (Å²) in [5, 5.41) is 0.444. The van der Waals surface area contributed by atoms with Crippen LogP contribution in [-0.2, 0) is 0 Å². The lowest BCUT2D eigenvalue weighted by molar-refractivity contribution is 0.0782. The molecule has 1 amide bonds. The van der Waals surface area contributed by atoms with Crippen LogP contribution in [0.2, 0.25) is 5.02 Å². The van der Waals surface area contributed by atoms with Crippen LogP contribution in [-0.4, -0.2) is 28.9 Å². The molecule has 0 atom stereocenters. The van der Waals surface area contributed by atoms with E-state index >= 15 is 0 Å². The predicted molar refractivity (Wildman–Crippen MR) is 65.8 cm³/mol. The lowest BCUT2D eigenvalue weighted by Crippen LogP contribution is -2.31. The monoisotopic (exact) mass is 238 g/mol. The first-order valence-corrected chi connectivity index (χ1v) is 5.50. The standard InChI is InChI=1S/C12H15ClN2O/c1-4-6-15(5-2)12(16)10-8-14-9(3)7-11(10)13/h4,7-8H,1,5-6H2,2-3H3. The largest absolute Gasteiger partial charge is 0.335 e. The first-order valence-electron chi connectivity index (χ1n) is 5.12. The van der Waals surface area contributed by atoms with Gasteiger partial charge in [0.15, 0.2) is 0 Å². The van der Waals surface area contributed by atoms with Gasteiger partial charge in [-0.25, -0.2) is 0 Å². The highest BCUT2D eigenvalue weighted by atomic mass is 35.5. The van der Waals surface area contributed by atoms with E-state index in [0.717, 1.165) is 5.69 Å². The molecular weight excluding hydrogens is 224 g/mol. The SMILES string of the molecule is C=CCN(CC)C(=O)c1cnc(C)cc1Cl. The molecule has 0 unspecified atom stereocenters. The third-order valence-electron chi connectivity index (χ3n) is 2.24. The summed E-state index contributed by atoms with van der Waals surface area (Å²) in [5.74, 6) is -0.111. The highest BCUT2D eigenvalue weighted by molar-refractivity contribution is 6.33. The zero-order valence-corrected chi connectivity index (χ0v) is 10.3. The summed E-state index contributed by atoms with van der Waals surface area (Å²) in [6.07, 6.45) is 3.21. The normalized spacial score (nSPS) is 9.94. The summed E-state index contributed by atoms with van der Waals surface area (Å²) in [7, 11) is 0. The molecule has 3 nitrogen and oxygen atoms in total. The quantitative estimate of drug-likeness (QED) is 0.756. The molecule has 16 heavy (non-hydrogen) atoms. The Morgan fingerprint density at radius 1 is 1.69 bits per heavy atom. The molecule has 1 heterocycles. The summed E-state index contributed by atoms with van der Waals surface area (Å²) < 4.78 is 0. The molecule has 0 aliphatic rings. The van der Waals surface area contributed by atoms with E-state index in [1.807, 2.05) is 13.8 Å². The maximum Gasteiger partial charge on any atom is 0.257 e. The highest BCUT2D eigenvalue weighted by Crippen LogP contribution is 2.17. The zero-order valence-electron chi connectivity index (χ0n) is 9.53. The summed E-state index contributed by atoms with van der Waals surface area (Å²) >= 11 is 6.01. The van der Waals surface area contributed by atoms with Crippen LogP contribution >= 0.6 is 11.6 Å². The Hall–Kier alpha value is -1.35. The van der Waals surface area contributed by atoms with Crippen molar-refractivity contribution >= 4 is 17.5 Å². The average molecular weight is 239 g/mol. The smallest absolute Gasteiger partial charge is 0.257 e. The average Bonchev–Trinajstić information content (AvgIpc) is 2.25. The van der Waals surface area contributed by atoms with Gasteiger partial charge in [-0.1, -0.05) is 17.7 Å². The molecule has 86 valence electrons. The Bertz CT molecular complexity index is 404. The minimum Gasteiger partial charge on any atom is -0.335 e. The van der Waals surface area contributed by atoms with Crippen LogP contribution < -0.4 is 0 Å². The molecule has 0 radical (unpaired) electrons. The predicted octanol–water partition coefficient (Wildman–Crippen LogP) is 2.69. The molecule has 0 saturated heterocycles.